The summed E-state index contributed by atoms with van der Waals surface area (Å²) in [4.78, 5) is 12.7. The molecule has 0 unspecified atom stereocenters. The van der Waals surface area contributed by atoms with E-state index in [1.54, 1.807) is 18.2 Å². The van der Waals surface area contributed by atoms with Crippen molar-refractivity contribution >= 4 is 44.6 Å². The van der Waals surface area contributed by atoms with Crippen molar-refractivity contribution in [2.45, 2.75) is 42.7 Å². The van der Waals surface area contributed by atoms with Crippen LogP contribution in [0.25, 0.3) is 0 Å². The van der Waals surface area contributed by atoms with Gasteiger partial charge in [0.05, 0.1) is 9.75 Å². The molecule has 1 aliphatic rings. The Morgan fingerprint density at radius 3 is 2.33 bits per heavy atom. The molecule has 8 heteroatoms. The molecule has 2 aromatic rings. The van der Waals surface area contributed by atoms with Crippen LogP contribution >= 0.6 is 22.9 Å². The van der Waals surface area contributed by atoms with Crippen LogP contribution in [0, 0.1) is 5.92 Å². The van der Waals surface area contributed by atoms with E-state index in [-0.39, 0.29) is 10.1 Å². The van der Waals surface area contributed by atoms with Crippen molar-refractivity contribution in [2.24, 2.45) is 5.92 Å². The standard InChI is InChI=1S/C19H23ClN2O3S2/c1-13(2)12-21-18(23)19(10-3-11-19)14-4-6-15(7-5-14)22-27(24,25)17-9-8-16(20)26-17/h4-9,13,22H,3,10-12H2,1-2H3,(H,21,23). The number of benzene rings is 1. The first-order valence-corrected chi connectivity index (χ1v) is 11.6. The first kappa shape index (κ1) is 20.2. The highest BCUT2D eigenvalue weighted by atomic mass is 35.5. The lowest BCUT2D eigenvalue weighted by Gasteiger charge is -2.41. The van der Waals surface area contributed by atoms with E-state index in [1.165, 1.54) is 6.07 Å². The van der Waals surface area contributed by atoms with Gasteiger partial charge in [-0.15, -0.1) is 11.3 Å². The van der Waals surface area contributed by atoms with Gasteiger partial charge in [0.15, 0.2) is 0 Å². The molecule has 0 atom stereocenters. The Balaban J connectivity index is 1.75. The molecule has 1 aromatic carbocycles. The summed E-state index contributed by atoms with van der Waals surface area (Å²) in [7, 11) is -3.66. The fourth-order valence-corrected chi connectivity index (χ4v) is 5.69. The lowest BCUT2D eigenvalue weighted by Crippen LogP contribution is -2.49. The Morgan fingerprint density at radius 2 is 1.85 bits per heavy atom. The van der Waals surface area contributed by atoms with E-state index in [0.717, 1.165) is 36.2 Å². The number of nitrogens with one attached hydrogen (secondary N) is 2. The van der Waals surface area contributed by atoms with Crippen LogP contribution < -0.4 is 10.0 Å². The molecule has 0 saturated heterocycles. The number of halogens is 1. The Bertz CT molecular complexity index is 917. The quantitative estimate of drug-likeness (QED) is 0.689. The topological polar surface area (TPSA) is 75.3 Å². The van der Waals surface area contributed by atoms with E-state index < -0.39 is 15.4 Å². The minimum Gasteiger partial charge on any atom is -0.355 e. The van der Waals surface area contributed by atoms with E-state index >= 15 is 0 Å². The largest absolute Gasteiger partial charge is 0.355 e. The first-order valence-electron chi connectivity index (χ1n) is 8.90. The summed E-state index contributed by atoms with van der Waals surface area (Å²) in [6.07, 6.45) is 2.65. The van der Waals surface area contributed by atoms with Gasteiger partial charge >= 0.3 is 0 Å². The van der Waals surface area contributed by atoms with Crippen molar-refractivity contribution in [1.82, 2.24) is 5.32 Å². The number of thiophene rings is 1. The van der Waals surface area contributed by atoms with Crippen LogP contribution in [0.2, 0.25) is 4.34 Å². The third-order valence-electron chi connectivity index (χ3n) is 4.82. The predicted octanol–water partition coefficient (Wildman–Crippen LogP) is 4.40. The second-order valence-corrected chi connectivity index (χ2v) is 10.9. The summed E-state index contributed by atoms with van der Waals surface area (Å²) in [5, 5.41) is 3.04. The van der Waals surface area contributed by atoms with Gasteiger partial charge in [0.1, 0.15) is 4.21 Å². The number of carbonyl (C=O) groups is 1. The van der Waals surface area contributed by atoms with Crippen molar-refractivity contribution in [3.8, 4) is 0 Å². The number of sulfonamides is 1. The highest BCUT2D eigenvalue weighted by molar-refractivity contribution is 7.94. The molecule has 3 rings (SSSR count). The fraction of sp³-hybridized carbons (Fsp3) is 0.421. The van der Waals surface area contributed by atoms with Crippen LogP contribution in [0.5, 0.6) is 0 Å². The number of hydrogen-bond acceptors (Lipinski definition) is 4. The van der Waals surface area contributed by atoms with Crippen molar-refractivity contribution in [1.29, 1.82) is 0 Å². The molecule has 1 amide bonds. The van der Waals surface area contributed by atoms with E-state index in [9.17, 15) is 13.2 Å². The zero-order chi connectivity index (χ0) is 19.7. The fourth-order valence-electron chi connectivity index (χ4n) is 3.15. The maximum absolute atomic E-state index is 12.7. The highest BCUT2D eigenvalue weighted by Crippen LogP contribution is 2.44. The van der Waals surface area contributed by atoms with Gasteiger partial charge in [-0.05, 0) is 48.6 Å². The summed E-state index contributed by atoms with van der Waals surface area (Å²) >= 11 is 6.83. The molecule has 1 heterocycles. The normalized spacial score (nSPS) is 16.0. The molecular weight excluding hydrogens is 404 g/mol. The van der Waals surface area contributed by atoms with Gasteiger partial charge in [0.25, 0.3) is 10.0 Å². The molecule has 0 bridgehead atoms. The summed E-state index contributed by atoms with van der Waals surface area (Å²) < 4.78 is 27.9. The first-order chi connectivity index (χ1) is 12.7. The second-order valence-electron chi connectivity index (χ2n) is 7.28. The van der Waals surface area contributed by atoms with Gasteiger partial charge in [0, 0.05) is 12.2 Å². The Hall–Kier alpha value is -1.57. The maximum atomic E-state index is 12.7. The SMILES string of the molecule is CC(C)CNC(=O)C1(c2ccc(NS(=O)(=O)c3ccc(Cl)s3)cc2)CCC1. The molecule has 0 radical (unpaired) electrons. The van der Waals surface area contributed by atoms with Gasteiger partial charge in [-0.25, -0.2) is 8.42 Å². The van der Waals surface area contributed by atoms with Gasteiger partial charge in [-0.2, -0.15) is 0 Å². The van der Waals surface area contributed by atoms with Gasteiger partial charge in [-0.1, -0.05) is 44.0 Å². The van der Waals surface area contributed by atoms with Crippen molar-refractivity contribution in [2.75, 3.05) is 11.3 Å². The lowest BCUT2D eigenvalue weighted by atomic mass is 9.63. The minimum absolute atomic E-state index is 0.0593. The average molecular weight is 427 g/mol. The monoisotopic (exact) mass is 426 g/mol. The predicted molar refractivity (Wildman–Crippen MR) is 110 cm³/mol. The van der Waals surface area contributed by atoms with E-state index in [2.05, 4.69) is 23.9 Å². The van der Waals surface area contributed by atoms with Gasteiger partial charge in [0.2, 0.25) is 5.91 Å². The Labute approximate surface area is 169 Å². The Kier molecular flexibility index (Phi) is 5.84. The number of rotatable bonds is 7. The second kappa shape index (κ2) is 7.81. The average Bonchev–Trinajstić information content (AvgIpc) is 3.01. The van der Waals surface area contributed by atoms with E-state index in [4.69, 9.17) is 11.6 Å². The third-order valence-corrected chi connectivity index (χ3v) is 7.92. The van der Waals surface area contributed by atoms with Crippen molar-refractivity contribution in [3.63, 3.8) is 0 Å². The van der Waals surface area contributed by atoms with Gasteiger partial charge in [-0.3, -0.25) is 9.52 Å². The molecular formula is C19H23ClN2O3S2. The summed E-state index contributed by atoms with van der Waals surface area (Å²) in [6, 6.07) is 10.1. The highest BCUT2D eigenvalue weighted by Gasteiger charge is 2.45. The molecule has 1 aliphatic carbocycles. The molecule has 146 valence electrons. The molecule has 1 saturated carbocycles. The Morgan fingerprint density at radius 1 is 1.19 bits per heavy atom. The molecule has 0 aliphatic heterocycles. The smallest absolute Gasteiger partial charge is 0.271 e. The number of anilines is 1. The molecule has 5 nitrogen and oxygen atoms in total. The van der Waals surface area contributed by atoms with Crippen LogP contribution in [0.1, 0.15) is 38.7 Å². The summed E-state index contributed by atoms with van der Waals surface area (Å²) in [6.45, 7) is 4.78. The van der Waals surface area contributed by atoms with Crippen LogP contribution in [0.3, 0.4) is 0 Å². The number of carbonyl (C=O) groups excluding carboxylic acids is 1. The molecule has 27 heavy (non-hydrogen) atoms. The number of hydrogen-bond donors (Lipinski definition) is 2. The minimum atomic E-state index is -3.66. The van der Waals surface area contributed by atoms with E-state index in [0.29, 0.717) is 22.5 Å². The number of amides is 1. The van der Waals surface area contributed by atoms with Crippen LogP contribution in [0.4, 0.5) is 5.69 Å². The van der Waals surface area contributed by atoms with E-state index in [1.807, 2.05) is 12.1 Å². The van der Waals surface area contributed by atoms with Crippen LogP contribution in [-0.2, 0) is 20.2 Å². The van der Waals surface area contributed by atoms with Crippen LogP contribution in [-0.4, -0.2) is 20.9 Å². The van der Waals surface area contributed by atoms with Crippen molar-refractivity contribution < 1.29 is 13.2 Å². The molecule has 1 fully saturated rings. The lowest BCUT2D eigenvalue weighted by molar-refractivity contribution is -0.130. The van der Waals surface area contributed by atoms with Crippen molar-refractivity contribution in [3.05, 3.63) is 46.3 Å². The van der Waals surface area contributed by atoms with Crippen LogP contribution in [0.15, 0.2) is 40.6 Å². The zero-order valence-corrected chi connectivity index (χ0v) is 17.7. The molecule has 0 spiro atoms. The molecule has 1 aromatic heterocycles. The third kappa shape index (κ3) is 4.31. The maximum Gasteiger partial charge on any atom is 0.271 e. The molecule has 2 N–H and O–H groups in total. The zero-order valence-electron chi connectivity index (χ0n) is 15.3. The van der Waals surface area contributed by atoms with Gasteiger partial charge < -0.3 is 5.32 Å². The summed E-state index contributed by atoms with van der Waals surface area (Å²) in [5.74, 6) is 0.456. The summed E-state index contributed by atoms with van der Waals surface area (Å²) in [5.41, 5.74) is 0.894.